The molecule has 1 fully saturated rings. The number of hydrogen-bond donors (Lipinski definition) is 2. The van der Waals surface area contributed by atoms with Crippen LogP contribution in [0, 0.1) is 5.92 Å². The molecule has 0 radical (unpaired) electrons. The Morgan fingerprint density at radius 3 is 2.78 bits per heavy atom. The summed E-state index contributed by atoms with van der Waals surface area (Å²) < 4.78 is 35.8. The van der Waals surface area contributed by atoms with E-state index in [4.69, 9.17) is 0 Å². The van der Waals surface area contributed by atoms with Gasteiger partial charge in [-0.15, -0.1) is 0 Å². The fraction of sp³-hybridized carbons (Fsp3) is 0.909. The quantitative estimate of drug-likeness (QED) is 0.766. The number of amides is 1. The molecule has 0 aromatic heterocycles. The summed E-state index contributed by atoms with van der Waals surface area (Å²) in [7, 11) is 1.87. The highest BCUT2D eigenvalue weighted by Crippen LogP contribution is 2.15. The van der Waals surface area contributed by atoms with E-state index in [0.717, 1.165) is 32.5 Å². The third kappa shape index (κ3) is 6.20. The molecule has 4 nitrogen and oxygen atoms in total. The van der Waals surface area contributed by atoms with Crippen LogP contribution >= 0.6 is 0 Å². The molecule has 1 atom stereocenters. The first kappa shape index (κ1) is 15.2. The van der Waals surface area contributed by atoms with Gasteiger partial charge in [-0.3, -0.25) is 9.69 Å². The average molecular weight is 267 g/mol. The molecule has 18 heavy (non-hydrogen) atoms. The Balaban J connectivity index is 2.26. The highest BCUT2D eigenvalue weighted by Gasteiger charge is 2.28. The zero-order valence-electron chi connectivity index (χ0n) is 10.5. The number of nitrogens with one attached hydrogen (secondary N) is 2. The number of rotatable bonds is 5. The topological polar surface area (TPSA) is 44.4 Å². The number of hydrogen-bond acceptors (Lipinski definition) is 3. The normalized spacial score (nSPS) is 21.9. The minimum atomic E-state index is -4.34. The van der Waals surface area contributed by atoms with Gasteiger partial charge in [0, 0.05) is 6.54 Å². The second kappa shape index (κ2) is 6.94. The molecule has 1 unspecified atom stereocenters. The van der Waals surface area contributed by atoms with E-state index in [-0.39, 0.29) is 6.54 Å². The molecule has 1 amide bonds. The molecule has 0 spiro atoms. The molecular formula is C11H20F3N3O. The van der Waals surface area contributed by atoms with E-state index in [1.807, 2.05) is 17.3 Å². The fourth-order valence-electron chi connectivity index (χ4n) is 2.21. The predicted octanol–water partition coefficient (Wildman–Crippen LogP) is 0.596. The van der Waals surface area contributed by atoms with E-state index in [9.17, 15) is 18.0 Å². The van der Waals surface area contributed by atoms with Crippen LogP contribution < -0.4 is 10.6 Å². The Labute approximate surface area is 105 Å². The van der Waals surface area contributed by atoms with Crippen LogP contribution in [-0.4, -0.2) is 56.8 Å². The minimum absolute atomic E-state index is 0.0519. The Morgan fingerprint density at radius 2 is 2.17 bits per heavy atom. The van der Waals surface area contributed by atoms with E-state index in [1.165, 1.54) is 0 Å². The average Bonchev–Trinajstić information content (AvgIpc) is 2.26. The van der Waals surface area contributed by atoms with Gasteiger partial charge in [0.2, 0.25) is 5.91 Å². The number of carbonyl (C=O) groups is 1. The summed E-state index contributed by atoms with van der Waals surface area (Å²) >= 11 is 0. The molecule has 1 saturated heterocycles. The zero-order valence-corrected chi connectivity index (χ0v) is 10.5. The van der Waals surface area contributed by atoms with E-state index < -0.39 is 18.6 Å². The summed E-state index contributed by atoms with van der Waals surface area (Å²) in [5, 5.41) is 4.98. The van der Waals surface area contributed by atoms with Gasteiger partial charge in [-0.05, 0) is 38.9 Å². The third-order valence-electron chi connectivity index (χ3n) is 2.95. The molecule has 1 aliphatic rings. The Hall–Kier alpha value is -0.820. The largest absolute Gasteiger partial charge is 0.405 e. The summed E-state index contributed by atoms with van der Waals surface area (Å²) in [5.41, 5.74) is 0. The van der Waals surface area contributed by atoms with Crippen molar-refractivity contribution < 1.29 is 18.0 Å². The number of piperidine rings is 1. The van der Waals surface area contributed by atoms with Gasteiger partial charge < -0.3 is 10.6 Å². The maximum atomic E-state index is 11.9. The highest BCUT2D eigenvalue weighted by molar-refractivity contribution is 5.78. The molecule has 0 aromatic rings. The van der Waals surface area contributed by atoms with Crippen LogP contribution in [0.3, 0.4) is 0 Å². The second-order valence-corrected chi connectivity index (χ2v) is 4.69. The van der Waals surface area contributed by atoms with Gasteiger partial charge in [-0.2, -0.15) is 13.2 Å². The standard InChI is InChI=1S/C11H20F3N3O/c1-15-5-9-3-2-4-17(6-9)7-10(18)16-8-11(12,13)14/h9,15H,2-8H2,1H3,(H,16,18). The molecule has 0 aliphatic carbocycles. The van der Waals surface area contributed by atoms with Crippen LogP contribution in [0.25, 0.3) is 0 Å². The van der Waals surface area contributed by atoms with Crippen LogP contribution in [0.5, 0.6) is 0 Å². The summed E-state index contributed by atoms with van der Waals surface area (Å²) in [6.07, 6.45) is -2.26. The Kier molecular flexibility index (Phi) is 5.87. The first-order valence-electron chi connectivity index (χ1n) is 6.11. The molecule has 1 aliphatic heterocycles. The monoisotopic (exact) mass is 267 g/mol. The van der Waals surface area contributed by atoms with Gasteiger partial charge in [0.25, 0.3) is 0 Å². The van der Waals surface area contributed by atoms with Gasteiger partial charge in [0.1, 0.15) is 6.54 Å². The lowest BCUT2D eigenvalue weighted by atomic mass is 9.98. The summed E-state index contributed by atoms with van der Waals surface area (Å²) in [6.45, 7) is 1.22. The molecule has 1 heterocycles. The van der Waals surface area contributed by atoms with E-state index >= 15 is 0 Å². The zero-order chi connectivity index (χ0) is 13.6. The first-order chi connectivity index (χ1) is 8.40. The summed E-state index contributed by atoms with van der Waals surface area (Å²) in [4.78, 5) is 13.3. The number of halogens is 3. The SMILES string of the molecule is CNCC1CCCN(CC(=O)NCC(F)(F)F)C1. The molecular weight excluding hydrogens is 247 g/mol. The smallest absolute Gasteiger partial charge is 0.346 e. The van der Waals surface area contributed by atoms with Crippen LogP contribution in [0.1, 0.15) is 12.8 Å². The van der Waals surface area contributed by atoms with Crippen molar-refractivity contribution in [1.29, 1.82) is 0 Å². The maximum Gasteiger partial charge on any atom is 0.405 e. The summed E-state index contributed by atoms with van der Waals surface area (Å²) in [6, 6.07) is 0. The van der Waals surface area contributed by atoms with Crippen molar-refractivity contribution in [3.05, 3.63) is 0 Å². The molecule has 1 rings (SSSR count). The minimum Gasteiger partial charge on any atom is -0.346 e. The van der Waals surface area contributed by atoms with Gasteiger partial charge in [-0.25, -0.2) is 0 Å². The number of alkyl halides is 3. The van der Waals surface area contributed by atoms with Gasteiger partial charge >= 0.3 is 6.18 Å². The number of likely N-dealkylation sites (tertiary alicyclic amines) is 1. The molecule has 0 saturated carbocycles. The van der Waals surface area contributed by atoms with Crippen molar-refractivity contribution in [2.24, 2.45) is 5.92 Å². The van der Waals surface area contributed by atoms with Gasteiger partial charge in [0.15, 0.2) is 0 Å². The highest BCUT2D eigenvalue weighted by atomic mass is 19.4. The maximum absolute atomic E-state index is 11.9. The third-order valence-corrected chi connectivity index (χ3v) is 2.95. The van der Waals surface area contributed by atoms with E-state index in [1.54, 1.807) is 0 Å². The first-order valence-corrected chi connectivity index (χ1v) is 6.11. The van der Waals surface area contributed by atoms with Crippen LogP contribution in [0.4, 0.5) is 13.2 Å². The van der Waals surface area contributed by atoms with Crippen LogP contribution in [-0.2, 0) is 4.79 Å². The van der Waals surface area contributed by atoms with Gasteiger partial charge in [-0.1, -0.05) is 0 Å². The van der Waals surface area contributed by atoms with E-state index in [2.05, 4.69) is 5.32 Å². The summed E-state index contributed by atoms with van der Waals surface area (Å²) in [5.74, 6) is -0.0865. The lowest BCUT2D eigenvalue weighted by Crippen LogP contribution is -2.45. The van der Waals surface area contributed by atoms with Crippen molar-refractivity contribution in [2.75, 3.05) is 39.8 Å². The van der Waals surface area contributed by atoms with Crippen molar-refractivity contribution in [3.8, 4) is 0 Å². The molecule has 0 bridgehead atoms. The molecule has 2 N–H and O–H groups in total. The van der Waals surface area contributed by atoms with Gasteiger partial charge in [0.05, 0.1) is 6.54 Å². The molecule has 7 heteroatoms. The van der Waals surface area contributed by atoms with Crippen molar-refractivity contribution >= 4 is 5.91 Å². The van der Waals surface area contributed by atoms with Crippen molar-refractivity contribution in [1.82, 2.24) is 15.5 Å². The van der Waals surface area contributed by atoms with Crippen molar-refractivity contribution in [3.63, 3.8) is 0 Å². The number of carbonyl (C=O) groups excluding carboxylic acids is 1. The van der Waals surface area contributed by atoms with Crippen LogP contribution in [0.2, 0.25) is 0 Å². The van der Waals surface area contributed by atoms with E-state index in [0.29, 0.717) is 5.92 Å². The van der Waals surface area contributed by atoms with Crippen molar-refractivity contribution in [2.45, 2.75) is 19.0 Å². The Bertz CT molecular complexity index is 269. The predicted molar refractivity (Wildman–Crippen MR) is 62.2 cm³/mol. The van der Waals surface area contributed by atoms with Crippen LogP contribution in [0.15, 0.2) is 0 Å². The Morgan fingerprint density at radius 1 is 1.44 bits per heavy atom. The molecule has 106 valence electrons. The lowest BCUT2D eigenvalue weighted by Gasteiger charge is -2.32. The number of nitrogens with zero attached hydrogens (tertiary/aromatic N) is 1. The lowest BCUT2D eigenvalue weighted by molar-refractivity contribution is -0.139. The second-order valence-electron chi connectivity index (χ2n) is 4.69. The fourth-order valence-corrected chi connectivity index (χ4v) is 2.21. The molecule has 0 aromatic carbocycles.